The molecule has 0 amide bonds. The minimum atomic E-state index is -0.782. The molecule has 4 rings (SSSR count). The van der Waals surface area contributed by atoms with Crippen LogP contribution in [0.25, 0.3) is 11.3 Å². The fraction of sp³-hybridized carbons (Fsp3) is 0.261. The zero-order valence-corrected chi connectivity index (χ0v) is 16.4. The Bertz CT molecular complexity index is 1030. The van der Waals surface area contributed by atoms with Crippen LogP contribution in [0.4, 0.5) is 5.82 Å². The van der Waals surface area contributed by atoms with Crippen molar-refractivity contribution < 1.29 is 14.6 Å². The van der Waals surface area contributed by atoms with Crippen LogP contribution < -0.4 is 10.1 Å². The van der Waals surface area contributed by atoms with Crippen molar-refractivity contribution in [2.45, 2.75) is 25.8 Å². The molecule has 0 spiro atoms. The van der Waals surface area contributed by atoms with E-state index < -0.39 is 5.97 Å². The molecule has 1 fully saturated rings. The molecule has 1 aliphatic carbocycles. The Morgan fingerprint density at radius 2 is 2.10 bits per heavy atom. The first-order valence-electron chi connectivity index (χ1n) is 9.58. The molecule has 0 aliphatic heterocycles. The van der Waals surface area contributed by atoms with Gasteiger partial charge >= 0.3 is 5.97 Å². The highest BCUT2D eigenvalue weighted by atomic mass is 16.5. The van der Waals surface area contributed by atoms with Crippen molar-refractivity contribution in [1.29, 1.82) is 0 Å². The fourth-order valence-electron chi connectivity index (χ4n) is 3.50. The van der Waals surface area contributed by atoms with Gasteiger partial charge in [0.05, 0.1) is 24.4 Å². The maximum absolute atomic E-state index is 11.2. The zero-order valence-electron chi connectivity index (χ0n) is 16.4. The van der Waals surface area contributed by atoms with Crippen molar-refractivity contribution in [3.8, 4) is 17.0 Å². The van der Waals surface area contributed by atoms with Crippen molar-refractivity contribution in [3.05, 3.63) is 71.5 Å². The lowest BCUT2D eigenvalue weighted by molar-refractivity contribution is -0.138. The number of aromatic nitrogens is 2. The molecule has 0 radical (unpaired) electrons. The fourth-order valence-corrected chi connectivity index (χ4v) is 3.50. The molecule has 148 valence electrons. The van der Waals surface area contributed by atoms with Crippen LogP contribution in [0.15, 0.2) is 54.7 Å². The number of carboxylic acids is 1. The molecule has 2 aromatic heterocycles. The van der Waals surface area contributed by atoms with Gasteiger partial charge in [-0.05, 0) is 43.2 Å². The Kier molecular flexibility index (Phi) is 5.16. The predicted octanol–water partition coefficient (Wildman–Crippen LogP) is 4.26. The second-order valence-electron chi connectivity index (χ2n) is 7.35. The molecule has 1 aliphatic rings. The number of ether oxygens (including phenoxy) is 1. The number of nitrogens with one attached hydrogen (secondary N) is 1. The summed E-state index contributed by atoms with van der Waals surface area (Å²) >= 11 is 0. The average molecular weight is 389 g/mol. The van der Waals surface area contributed by atoms with Crippen LogP contribution in [0.5, 0.6) is 5.75 Å². The quantitative estimate of drug-likeness (QED) is 0.628. The summed E-state index contributed by atoms with van der Waals surface area (Å²) < 4.78 is 5.39. The Hall–Kier alpha value is -3.41. The molecule has 0 unspecified atom stereocenters. The molecule has 6 nitrogen and oxygen atoms in total. The molecule has 1 saturated carbocycles. The lowest BCUT2D eigenvalue weighted by atomic mass is 10.1. The number of aryl methyl sites for hydroxylation is 1. The molecule has 1 aromatic carbocycles. The van der Waals surface area contributed by atoms with Gasteiger partial charge in [0.1, 0.15) is 11.6 Å². The molecule has 2 heterocycles. The van der Waals surface area contributed by atoms with E-state index in [0.717, 1.165) is 17.1 Å². The largest absolute Gasteiger partial charge is 0.495 e. The summed E-state index contributed by atoms with van der Waals surface area (Å²) in [6, 6.07) is 16.0. The van der Waals surface area contributed by atoms with E-state index in [1.54, 1.807) is 13.3 Å². The van der Waals surface area contributed by atoms with E-state index in [-0.39, 0.29) is 11.8 Å². The number of pyridine rings is 2. The third-order valence-corrected chi connectivity index (χ3v) is 5.18. The summed E-state index contributed by atoms with van der Waals surface area (Å²) in [6.07, 6.45) is 2.38. The van der Waals surface area contributed by atoms with Gasteiger partial charge in [-0.25, -0.2) is 9.97 Å². The van der Waals surface area contributed by atoms with Gasteiger partial charge in [0.2, 0.25) is 0 Å². The summed E-state index contributed by atoms with van der Waals surface area (Å²) in [7, 11) is 1.58. The molecular formula is C23H23N3O3. The number of hydrogen-bond donors (Lipinski definition) is 2. The Morgan fingerprint density at radius 3 is 2.76 bits per heavy atom. The monoisotopic (exact) mass is 389 g/mol. The second-order valence-corrected chi connectivity index (χ2v) is 7.35. The van der Waals surface area contributed by atoms with Crippen LogP contribution in [0.1, 0.15) is 29.2 Å². The van der Waals surface area contributed by atoms with Crippen LogP contribution in [0.2, 0.25) is 0 Å². The molecule has 2 atom stereocenters. The highest BCUT2D eigenvalue weighted by molar-refractivity contribution is 5.75. The molecule has 0 bridgehead atoms. The summed E-state index contributed by atoms with van der Waals surface area (Å²) in [6.45, 7) is 2.78. The summed E-state index contributed by atoms with van der Waals surface area (Å²) in [4.78, 5) is 20.4. The van der Waals surface area contributed by atoms with Crippen LogP contribution >= 0.6 is 0 Å². The van der Waals surface area contributed by atoms with E-state index >= 15 is 0 Å². The summed E-state index contributed by atoms with van der Waals surface area (Å²) in [5, 5.41) is 12.6. The molecule has 29 heavy (non-hydrogen) atoms. The van der Waals surface area contributed by atoms with Gasteiger partial charge in [-0.3, -0.25) is 4.79 Å². The molecule has 0 saturated heterocycles. The van der Waals surface area contributed by atoms with E-state index in [0.29, 0.717) is 24.4 Å². The van der Waals surface area contributed by atoms with E-state index in [9.17, 15) is 9.90 Å². The maximum Gasteiger partial charge on any atom is 0.307 e. The second kappa shape index (κ2) is 7.91. The molecular weight excluding hydrogens is 366 g/mol. The van der Waals surface area contributed by atoms with Crippen molar-refractivity contribution in [2.24, 2.45) is 5.92 Å². The first kappa shape index (κ1) is 18.9. The first-order chi connectivity index (χ1) is 14.0. The molecule has 6 heteroatoms. The third-order valence-electron chi connectivity index (χ3n) is 5.18. The average Bonchev–Trinajstić information content (AvgIpc) is 3.53. The number of carboxylic acid groups (broad SMARTS) is 1. The van der Waals surface area contributed by atoms with Gasteiger partial charge in [-0.2, -0.15) is 0 Å². The smallest absolute Gasteiger partial charge is 0.307 e. The highest BCUT2D eigenvalue weighted by Gasteiger charge is 2.46. The summed E-state index contributed by atoms with van der Waals surface area (Å²) in [5.74, 6) is 0.169. The normalized spacial score (nSPS) is 17.6. The van der Waals surface area contributed by atoms with Crippen molar-refractivity contribution in [1.82, 2.24) is 9.97 Å². The van der Waals surface area contributed by atoms with Gasteiger partial charge in [-0.15, -0.1) is 0 Å². The van der Waals surface area contributed by atoms with Gasteiger partial charge in [0.25, 0.3) is 0 Å². The molecule has 2 N–H and O–H groups in total. The Balaban J connectivity index is 1.49. The van der Waals surface area contributed by atoms with Gasteiger partial charge in [0.15, 0.2) is 0 Å². The number of nitrogens with zero attached hydrogens (tertiary/aromatic N) is 2. The van der Waals surface area contributed by atoms with Gasteiger partial charge in [0, 0.05) is 24.2 Å². The number of anilines is 1. The number of carbonyl (C=O) groups is 1. The van der Waals surface area contributed by atoms with E-state index in [2.05, 4.69) is 35.4 Å². The van der Waals surface area contributed by atoms with Crippen LogP contribution in [-0.4, -0.2) is 28.2 Å². The Labute approximate surface area is 169 Å². The van der Waals surface area contributed by atoms with Crippen LogP contribution in [-0.2, 0) is 11.3 Å². The topological polar surface area (TPSA) is 84.3 Å². The number of hydrogen-bond acceptors (Lipinski definition) is 5. The minimum Gasteiger partial charge on any atom is -0.495 e. The van der Waals surface area contributed by atoms with Gasteiger partial charge in [-0.1, -0.05) is 29.8 Å². The lowest BCUT2D eigenvalue weighted by Gasteiger charge is -2.10. The van der Waals surface area contributed by atoms with E-state index in [1.165, 1.54) is 11.1 Å². The van der Waals surface area contributed by atoms with Crippen molar-refractivity contribution >= 4 is 11.8 Å². The molecule has 3 aromatic rings. The highest BCUT2D eigenvalue weighted by Crippen LogP contribution is 2.50. The summed E-state index contributed by atoms with van der Waals surface area (Å²) in [5.41, 5.74) is 4.78. The lowest BCUT2D eigenvalue weighted by Crippen LogP contribution is -2.03. The number of methoxy groups -OCH3 is 1. The maximum atomic E-state index is 11.2. The van der Waals surface area contributed by atoms with E-state index in [1.807, 2.05) is 30.3 Å². The SMILES string of the molecule is COc1ccc(-c2ccc(NCc3cccc(C)c3)nc2)nc1[C@@H]1C[C@H]1C(=O)O. The van der Waals surface area contributed by atoms with Crippen LogP contribution in [0.3, 0.4) is 0 Å². The Morgan fingerprint density at radius 1 is 1.24 bits per heavy atom. The van der Waals surface area contributed by atoms with Crippen molar-refractivity contribution in [2.75, 3.05) is 12.4 Å². The van der Waals surface area contributed by atoms with Crippen molar-refractivity contribution in [3.63, 3.8) is 0 Å². The zero-order chi connectivity index (χ0) is 20.4. The number of benzene rings is 1. The first-order valence-corrected chi connectivity index (χ1v) is 9.58. The van der Waals surface area contributed by atoms with E-state index in [4.69, 9.17) is 9.72 Å². The minimum absolute atomic E-state index is 0.0920. The number of aliphatic carboxylic acids is 1. The number of rotatable bonds is 7. The van der Waals surface area contributed by atoms with Gasteiger partial charge < -0.3 is 15.2 Å². The third kappa shape index (κ3) is 4.21. The predicted molar refractivity (Wildman–Crippen MR) is 111 cm³/mol. The standard InChI is InChI=1S/C23H23N3O3/c1-14-4-3-5-15(10-14)12-24-21-9-6-16(13-25-21)19-7-8-20(29-2)22(26-19)17-11-18(17)23(27)28/h3-10,13,17-18H,11-12H2,1-2H3,(H,24,25)(H,27,28)/t17-,18-/m1/s1. The van der Waals surface area contributed by atoms with Crippen LogP contribution in [0, 0.1) is 12.8 Å².